The van der Waals surface area contributed by atoms with Gasteiger partial charge in [-0.15, -0.1) is 0 Å². The Bertz CT molecular complexity index is 213. The minimum Gasteiger partial charge on any atom is -0.389 e. The molecule has 0 aromatic rings. The average Bonchev–Trinajstić information content (AvgIpc) is 2.25. The van der Waals surface area contributed by atoms with Gasteiger partial charge in [-0.05, 0) is 26.2 Å². The van der Waals surface area contributed by atoms with E-state index in [1.54, 1.807) is 6.92 Å². The molecule has 17 heavy (non-hydrogen) atoms. The SMILES string of the molecule is CCCC(C)(O)CNCC(=O)NC(CC)CC. The number of carbonyl (C=O) groups is 1. The van der Waals surface area contributed by atoms with E-state index >= 15 is 0 Å². The maximum Gasteiger partial charge on any atom is 0.234 e. The fourth-order valence-corrected chi connectivity index (χ4v) is 1.84. The van der Waals surface area contributed by atoms with E-state index in [-0.39, 0.29) is 18.5 Å². The number of hydrogen-bond donors (Lipinski definition) is 3. The molecule has 1 amide bonds. The van der Waals surface area contributed by atoms with Gasteiger partial charge in [-0.25, -0.2) is 0 Å². The maximum atomic E-state index is 11.6. The topological polar surface area (TPSA) is 61.4 Å². The van der Waals surface area contributed by atoms with E-state index in [4.69, 9.17) is 0 Å². The van der Waals surface area contributed by atoms with E-state index in [1.165, 1.54) is 0 Å². The van der Waals surface area contributed by atoms with E-state index < -0.39 is 5.60 Å². The second-order valence-corrected chi connectivity index (χ2v) is 4.93. The van der Waals surface area contributed by atoms with Crippen LogP contribution in [0, 0.1) is 0 Å². The molecule has 0 aromatic heterocycles. The standard InChI is InChI=1S/C13H28N2O2/c1-5-8-13(4,17)10-14-9-12(16)15-11(6-2)7-3/h11,14,17H,5-10H2,1-4H3,(H,15,16). The van der Waals surface area contributed by atoms with Crippen LogP contribution in [0.25, 0.3) is 0 Å². The van der Waals surface area contributed by atoms with Crippen LogP contribution in [0.3, 0.4) is 0 Å². The third-order valence-electron chi connectivity index (χ3n) is 2.93. The zero-order valence-corrected chi connectivity index (χ0v) is 11.7. The van der Waals surface area contributed by atoms with E-state index in [1.807, 2.05) is 6.92 Å². The Hall–Kier alpha value is -0.610. The summed E-state index contributed by atoms with van der Waals surface area (Å²) in [6.07, 6.45) is 3.59. The summed E-state index contributed by atoms with van der Waals surface area (Å²) in [6.45, 7) is 8.69. The summed E-state index contributed by atoms with van der Waals surface area (Å²) < 4.78 is 0. The number of aliphatic hydroxyl groups is 1. The summed E-state index contributed by atoms with van der Waals surface area (Å²) in [7, 11) is 0. The molecule has 3 N–H and O–H groups in total. The Morgan fingerprint density at radius 2 is 1.88 bits per heavy atom. The lowest BCUT2D eigenvalue weighted by atomic mass is 10.0. The molecule has 0 aliphatic rings. The summed E-state index contributed by atoms with van der Waals surface area (Å²) >= 11 is 0. The molecular weight excluding hydrogens is 216 g/mol. The van der Waals surface area contributed by atoms with Crippen LogP contribution in [0.15, 0.2) is 0 Å². The molecule has 4 nitrogen and oxygen atoms in total. The van der Waals surface area contributed by atoms with Gasteiger partial charge in [-0.2, -0.15) is 0 Å². The Morgan fingerprint density at radius 1 is 1.29 bits per heavy atom. The smallest absolute Gasteiger partial charge is 0.234 e. The predicted octanol–water partition coefficient (Wildman–Crippen LogP) is 1.43. The van der Waals surface area contributed by atoms with Crippen LogP contribution >= 0.6 is 0 Å². The molecule has 0 saturated heterocycles. The van der Waals surface area contributed by atoms with Gasteiger partial charge in [0.15, 0.2) is 0 Å². The Balaban J connectivity index is 3.77. The predicted molar refractivity (Wildman–Crippen MR) is 70.9 cm³/mol. The van der Waals surface area contributed by atoms with E-state index in [9.17, 15) is 9.90 Å². The maximum absolute atomic E-state index is 11.6. The molecular formula is C13H28N2O2. The van der Waals surface area contributed by atoms with Crippen LogP contribution in [0.5, 0.6) is 0 Å². The third-order valence-corrected chi connectivity index (χ3v) is 2.93. The van der Waals surface area contributed by atoms with Gasteiger partial charge in [-0.1, -0.05) is 27.2 Å². The monoisotopic (exact) mass is 244 g/mol. The first kappa shape index (κ1) is 16.4. The summed E-state index contributed by atoms with van der Waals surface area (Å²) in [4.78, 5) is 11.6. The highest BCUT2D eigenvalue weighted by Gasteiger charge is 2.18. The molecule has 0 fully saturated rings. The largest absolute Gasteiger partial charge is 0.389 e. The molecule has 4 heteroatoms. The normalized spacial score (nSPS) is 14.7. The summed E-state index contributed by atoms with van der Waals surface area (Å²) in [5.74, 6) is 0.00555. The van der Waals surface area contributed by atoms with Crippen molar-refractivity contribution in [1.29, 1.82) is 0 Å². The Morgan fingerprint density at radius 3 is 2.35 bits per heavy atom. The Kier molecular flexibility index (Phi) is 8.17. The molecule has 0 spiro atoms. The number of rotatable bonds is 9. The molecule has 0 rings (SSSR count). The highest BCUT2D eigenvalue weighted by Crippen LogP contribution is 2.09. The van der Waals surface area contributed by atoms with Crippen LogP contribution in [0.4, 0.5) is 0 Å². The zero-order valence-electron chi connectivity index (χ0n) is 11.7. The van der Waals surface area contributed by atoms with Crippen molar-refractivity contribution in [2.45, 2.75) is 65.0 Å². The van der Waals surface area contributed by atoms with Gasteiger partial charge in [0.25, 0.3) is 0 Å². The van der Waals surface area contributed by atoms with Crippen LogP contribution in [0.1, 0.15) is 53.4 Å². The van der Waals surface area contributed by atoms with E-state index in [0.29, 0.717) is 6.54 Å². The molecule has 1 atom stereocenters. The van der Waals surface area contributed by atoms with Gasteiger partial charge in [-0.3, -0.25) is 4.79 Å². The van der Waals surface area contributed by atoms with Gasteiger partial charge in [0, 0.05) is 12.6 Å². The van der Waals surface area contributed by atoms with Crippen molar-refractivity contribution >= 4 is 5.91 Å². The lowest BCUT2D eigenvalue weighted by Gasteiger charge is -2.23. The van der Waals surface area contributed by atoms with Crippen molar-refractivity contribution in [2.24, 2.45) is 0 Å². The van der Waals surface area contributed by atoms with E-state index in [0.717, 1.165) is 25.7 Å². The number of carbonyl (C=O) groups excluding carboxylic acids is 1. The van der Waals surface area contributed by atoms with Crippen molar-refractivity contribution in [3.63, 3.8) is 0 Å². The summed E-state index contributed by atoms with van der Waals surface area (Å²) in [5, 5.41) is 15.9. The van der Waals surface area contributed by atoms with Gasteiger partial charge in [0.05, 0.1) is 12.1 Å². The van der Waals surface area contributed by atoms with Gasteiger partial charge in [0.1, 0.15) is 0 Å². The molecule has 0 aromatic carbocycles. The first-order valence-electron chi connectivity index (χ1n) is 6.67. The molecule has 0 radical (unpaired) electrons. The molecule has 0 aliphatic carbocycles. The number of hydrogen-bond acceptors (Lipinski definition) is 3. The first-order chi connectivity index (χ1) is 7.95. The van der Waals surface area contributed by atoms with Crippen molar-refractivity contribution < 1.29 is 9.90 Å². The van der Waals surface area contributed by atoms with Crippen LogP contribution in [-0.2, 0) is 4.79 Å². The minimum absolute atomic E-state index is 0.00555. The van der Waals surface area contributed by atoms with Crippen molar-refractivity contribution in [2.75, 3.05) is 13.1 Å². The molecule has 0 saturated carbocycles. The van der Waals surface area contributed by atoms with Gasteiger partial charge < -0.3 is 15.7 Å². The lowest BCUT2D eigenvalue weighted by molar-refractivity contribution is -0.121. The van der Waals surface area contributed by atoms with Crippen LogP contribution < -0.4 is 10.6 Å². The second kappa shape index (κ2) is 8.48. The minimum atomic E-state index is -0.718. The van der Waals surface area contributed by atoms with E-state index in [2.05, 4.69) is 24.5 Å². The molecule has 0 heterocycles. The van der Waals surface area contributed by atoms with Crippen molar-refractivity contribution in [3.8, 4) is 0 Å². The highest BCUT2D eigenvalue weighted by atomic mass is 16.3. The number of nitrogens with one attached hydrogen (secondary N) is 2. The average molecular weight is 244 g/mol. The highest BCUT2D eigenvalue weighted by molar-refractivity contribution is 5.78. The second-order valence-electron chi connectivity index (χ2n) is 4.93. The fraction of sp³-hybridized carbons (Fsp3) is 0.923. The van der Waals surface area contributed by atoms with Gasteiger partial charge in [0.2, 0.25) is 5.91 Å². The quantitative estimate of drug-likeness (QED) is 0.575. The zero-order chi connectivity index (χ0) is 13.3. The molecule has 102 valence electrons. The molecule has 1 unspecified atom stereocenters. The van der Waals surface area contributed by atoms with Gasteiger partial charge >= 0.3 is 0 Å². The summed E-state index contributed by atoms with van der Waals surface area (Å²) in [6, 6.07) is 0.264. The summed E-state index contributed by atoms with van der Waals surface area (Å²) in [5.41, 5.74) is -0.718. The van der Waals surface area contributed by atoms with Crippen LogP contribution in [0.2, 0.25) is 0 Å². The third kappa shape index (κ3) is 8.16. The fourth-order valence-electron chi connectivity index (χ4n) is 1.84. The van der Waals surface area contributed by atoms with Crippen molar-refractivity contribution in [3.05, 3.63) is 0 Å². The van der Waals surface area contributed by atoms with Crippen molar-refractivity contribution in [1.82, 2.24) is 10.6 Å². The number of amides is 1. The first-order valence-corrected chi connectivity index (χ1v) is 6.67. The lowest BCUT2D eigenvalue weighted by Crippen LogP contribution is -2.44. The molecule has 0 aliphatic heterocycles. The Labute approximate surface area is 105 Å². The van der Waals surface area contributed by atoms with Crippen LogP contribution in [-0.4, -0.2) is 35.7 Å². The molecule has 0 bridgehead atoms.